The number of carbonyl (C=O) groups excluding carboxylic acids is 2. The summed E-state index contributed by atoms with van der Waals surface area (Å²) in [5.74, 6) is -0.882. The number of nitrogens with one attached hydrogen (secondary N) is 2. The van der Waals surface area contributed by atoms with Gasteiger partial charge in [-0.2, -0.15) is 11.3 Å². The first-order valence-corrected chi connectivity index (χ1v) is 12.3. The van der Waals surface area contributed by atoms with Crippen LogP contribution in [-0.4, -0.2) is 23.8 Å². The van der Waals surface area contributed by atoms with Crippen LogP contribution in [0, 0.1) is 12.7 Å². The molecule has 0 fully saturated rings. The van der Waals surface area contributed by atoms with E-state index in [0.29, 0.717) is 22.6 Å². The van der Waals surface area contributed by atoms with Crippen LogP contribution in [0.5, 0.6) is 0 Å². The number of nitrogens with zero attached hydrogens (tertiary/aromatic N) is 2. The number of anilines is 2. The number of amides is 3. The van der Waals surface area contributed by atoms with Crippen molar-refractivity contribution >= 4 is 40.4 Å². The number of urea groups is 1. The number of rotatable bonds is 5. The summed E-state index contributed by atoms with van der Waals surface area (Å²) in [6.07, 6.45) is -1.27. The Kier molecular flexibility index (Phi) is 6.60. The minimum absolute atomic E-state index is 0.251. The van der Waals surface area contributed by atoms with Gasteiger partial charge in [0.05, 0.1) is 17.9 Å². The molecule has 2 heterocycles. The first-order chi connectivity index (χ1) is 17.5. The predicted molar refractivity (Wildman–Crippen MR) is 141 cm³/mol. The maximum Gasteiger partial charge on any atom is 0.321 e. The fourth-order valence-electron chi connectivity index (χ4n) is 4.13. The fourth-order valence-corrected chi connectivity index (χ4v) is 4.79. The van der Waals surface area contributed by atoms with Gasteiger partial charge < -0.3 is 15.5 Å². The molecule has 0 saturated heterocycles. The Morgan fingerprint density at radius 1 is 1.03 bits per heavy atom. The molecular formula is C28H23FN4O2S. The van der Waals surface area contributed by atoms with Gasteiger partial charge in [0.1, 0.15) is 5.82 Å². The monoisotopic (exact) mass is 498 g/mol. The van der Waals surface area contributed by atoms with E-state index in [2.05, 4.69) is 15.6 Å². The van der Waals surface area contributed by atoms with Crippen molar-refractivity contribution in [3.8, 4) is 0 Å². The van der Waals surface area contributed by atoms with Crippen LogP contribution in [-0.2, 0) is 11.3 Å². The molecule has 4 aromatic rings. The third-order valence-electron chi connectivity index (χ3n) is 5.80. The number of benzene rings is 3. The van der Waals surface area contributed by atoms with Gasteiger partial charge in [-0.3, -0.25) is 4.79 Å². The molecule has 0 saturated carbocycles. The highest BCUT2D eigenvalue weighted by molar-refractivity contribution is 7.07. The quantitative estimate of drug-likeness (QED) is 0.369. The minimum atomic E-state index is -1.27. The Labute approximate surface area is 212 Å². The van der Waals surface area contributed by atoms with Crippen molar-refractivity contribution in [2.24, 2.45) is 4.99 Å². The molecule has 6 nitrogen and oxygen atoms in total. The van der Waals surface area contributed by atoms with Gasteiger partial charge >= 0.3 is 6.03 Å². The molecule has 36 heavy (non-hydrogen) atoms. The van der Waals surface area contributed by atoms with E-state index in [-0.39, 0.29) is 12.1 Å². The lowest BCUT2D eigenvalue weighted by atomic mass is 9.99. The molecule has 3 amide bonds. The van der Waals surface area contributed by atoms with Crippen LogP contribution in [0.25, 0.3) is 0 Å². The van der Waals surface area contributed by atoms with Crippen LogP contribution >= 0.6 is 11.3 Å². The number of carbonyl (C=O) groups is 2. The topological polar surface area (TPSA) is 73.8 Å². The summed E-state index contributed by atoms with van der Waals surface area (Å²) >= 11 is 1.53. The average molecular weight is 499 g/mol. The molecule has 1 aromatic heterocycles. The molecule has 1 aliphatic rings. The summed E-state index contributed by atoms with van der Waals surface area (Å²) in [5.41, 5.74) is 4.27. The molecule has 1 atom stereocenters. The zero-order valence-corrected chi connectivity index (χ0v) is 20.3. The second-order valence-electron chi connectivity index (χ2n) is 8.40. The number of thiophene rings is 1. The summed E-state index contributed by atoms with van der Waals surface area (Å²) in [5, 5.41) is 9.35. The van der Waals surface area contributed by atoms with Crippen LogP contribution in [0.15, 0.2) is 94.6 Å². The number of hydrogen-bond donors (Lipinski definition) is 2. The molecule has 1 aliphatic heterocycles. The summed E-state index contributed by atoms with van der Waals surface area (Å²) in [4.78, 5) is 33.0. The van der Waals surface area contributed by atoms with Crippen molar-refractivity contribution in [1.29, 1.82) is 0 Å². The third kappa shape index (κ3) is 4.89. The van der Waals surface area contributed by atoms with Gasteiger partial charge in [-0.05, 0) is 65.2 Å². The Morgan fingerprint density at radius 2 is 1.81 bits per heavy atom. The molecular weight excluding hydrogens is 475 g/mol. The van der Waals surface area contributed by atoms with Crippen molar-refractivity contribution in [3.05, 3.63) is 118 Å². The number of aliphatic imine (C=N–C) groups is 1. The standard InChI is InChI=1S/C28H23FN4O2S/c1-18-7-6-8-20(15-18)30-28(35)32-26-27(34)33(16-19-13-14-36-17-19)24-12-5-3-10-22(24)25(31-26)21-9-2-4-11-23(21)29/h2-15,17,26H,16H2,1H3,(H2,30,32,35)/t26-/m0/s1. The largest absolute Gasteiger partial charge is 0.321 e. The van der Waals surface area contributed by atoms with Crippen molar-refractivity contribution in [2.75, 3.05) is 10.2 Å². The highest BCUT2D eigenvalue weighted by Crippen LogP contribution is 2.30. The molecule has 0 unspecified atom stereocenters. The van der Waals surface area contributed by atoms with E-state index in [1.807, 2.05) is 66.2 Å². The Morgan fingerprint density at radius 3 is 2.56 bits per heavy atom. The molecule has 0 aliphatic carbocycles. The number of benzodiazepines with no additional fused rings is 1. The Balaban J connectivity index is 1.57. The van der Waals surface area contributed by atoms with Gasteiger partial charge in [0.2, 0.25) is 6.17 Å². The van der Waals surface area contributed by atoms with E-state index in [9.17, 15) is 14.0 Å². The van der Waals surface area contributed by atoms with Gasteiger partial charge in [-0.15, -0.1) is 0 Å². The van der Waals surface area contributed by atoms with Gasteiger partial charge in [-0.25, -0.2) is 14.2 Å². The van der Waals surface area contributed by atoms with E-state index in [1.165, 1.54) is 17.4 Å². The lowest BCUT2D eigenvalue weighted by Crippen LogP contribution is -2.48. The van der Waals surface area contributed by atoms with Crippen LogP contribution in [0.1, 0.15) is 22.3 Å². The van der Waals surface area contributed by atoms with Crippen LogP contribution in [0.2, 0.25) is 0 Å². The molecule has 0 spiro atoms. The number of fused-ring (bicyclic) bond motifs is 1. The molecule has 2 N–H and O–H groups in total. The zero-order valence-electron chi connectivity index (χ0n) is 19.4. The predicted octanol–water partition coefficient (Wildman–Crippen LogP) is 5.73. The number of hydrogen-bond acceptors (Lipinski definition) is 4. The summed E-state index contributed by atoms with van der Waals surface area (Å²) in [7, 11) is 0. The summed E-state index contributed by atoms with van der Waals surface area (Å²) < 4.78 is 14.9. The zero-order chi connectivity index (χ0) is 25.1. The second kappa shape index (κ2) is 10.1. The van der Waals surface area contributed by atoms with Gasteiger partial charge in [-0.1, -0.05) is 42.5 Å². The van der Waals surface area contributed by atoms with Crippen LogP contribution < -0.4 is 15.5 Å². The lowest BCUT2D eigenvalue weighted by Gasteiger charge is -2.25. The van der Waals surface area contributed by atoms with Crippen molar-refractivity contribution in [2.45, 2.75) is 19.6 Å². The maximum absolute atomic E-state index is 14.9. The first-order valence-electron chi connectivity index (χ1n) is 11.4. The number of para-hydroxylation sites is 1. The van der Waals surface area contributed by atoms with Crippen molar-refractivity contribution in [1.82, 2.24) is 5.32 Å². The first kappa shape index (κ1) is 23.4. The van der Waals surface area contributed by atoms with Crippen LogP contribution in [0.3, 0.4) is 0 Å². The smallest absolute Gasteiger partial charge is 0.308 e. The lowest BCUT2D eigenvalue weighted by molar-refractivity contribution is -0.120. The summed E-state index contributed by atoms with van der Waals surface area (Å²) in [6.45, 7) is 2.21. The van der Waals surface area contributed by atoms with Crippen molar-refractivity contribution in [3.63, 3.8) is 0 Å². The van der Waals surface area contributed by atoms with Gasteiger partial charge in [0, 0.05) is 16.8 Å². The molecule has 180 valence electrons. The SMILES string of the molecule is Cc1cccc(NC(=O)N[C@@H]2N=C(c3ccccc3F)c3ccccc3N(Cc3ccsc3)C2=O)c1. The molecule has 3 aromatic carbocycles. The molecule has 0 bridgehead atoms. The van der Waals surface area contributed by atoms with E-state index < -0.39 is 23.9 Å². The Bertz CT molecular complexity index is 1450. The van der Waals surface area contributed by atoms with Crippen molar-refractivity contribution < 1.29 is 14.0 Å². The minimum Gasteiger partial charge on any atom is -0.308 e. The third-order valence-corrected chi connectivity index (χ3v) is 6.53. The molecule has 0 radical (unpaired) electrons. The Hall–Kier alpha value is -4.30. The number of halogens is 1. The highest BCUT2D eigenvalue weighted by atomic mass is 32.1. The van der Waals surface area contributed by atoms with Crippen LogP contribution in [0.4, 0.5) is 20.6 Å². The van der Waals surface area contributed by atoms with E-state index in [0.717, 1.165) is 11.1 Å². The van der Waals surface area contributed by atoms with Gasteiger partial charge in [0.25, 0.3) is 5.91 Å². The van der Waals surface area contributed by atoms with E-state index >= 15 is 0 Å². The second-order valence-corrected chi connectivity index (χ2v) is 9.18. The fraction of sp³-hybridized carbons (Fsp3) is 0.107. The average Bonchev–Trinajstić information content (AvgIpc) is 3.35. The normalized spacial score (nSPS) is 15.1. The van der Waals surface area contributed by atoms with E-state index in [1.54, 1.807) is 29.2 Å². The highest BCUT2D eigenvalue weighted by Gasteiger charge is 2.33. The molecule has 5 rings (SSSR count). The maximum atomic E-state index is 14.9. The van der Waals surface area contributed by atoms with E-state index in [4.69, 9.17) is 0 Å². The van der Waals surface area contributed by atoms with Gasteiger partial charge in [0.15, 0.2) is 0 Å². The molecule has 8 heteroatoms. The summed E-state index contributed by atoms with van der Waals surface area (Å²) in [6, 6.07) is 22.2. The number of aryl methyl sites for hydroxylation is 1.